The van der Waals surface area contributed by atoms with Gasteiger partial charge in [-0.3, -0.25) is 0 Å². The normalized spacial score (nSPS) is 22.3. The fourth-order valence-corrected chi connectivity index (χ4v) is 2.97. The molecule has 2 N–H and O–H groups in total. The number of nitrogen functional groups attached to an aromatic ring is 1. The number of nitrogens with zero attached hydrogens (tertiary/aromatic N) is 2. The Morgan fingerprint density at radius 2 is 1.94 bits per heavy atom. The van der Waals surface area contributed by atoms with Crippen molar-refractivity contribution in [1.82, 2.24) is 9.97 Å². The zero-order valence-electron chi connectivity index (χ0n) is 10.9. The molecule has 1 aromatic rings. The van der Waals surface area contributed by atoms with Crippen LogP contribution in [0.25, 0.3) is 0 Å². The van der Waals surface area contributed by atoms with E-state index in [1.165, 1.54) is 38.5 Å². The Labute approximate surface area is 108 Å². The van der Waals surface area contributed by atoms with Crippen molar-refractivity contribution in [2.75, 3.05) is 12.8 Å². The molecule has 0 aliphatic heterocycles. The van der Waals surface area contributed by atoms with Crippen LogP contribution in [0.2, 0.25) is 0 Å². The number of aromatic nitrogens is 2. The van der Waals surface area contributed by atoms with Crippen LogP contribution in [0, 0.1) is 5.92 Å². The lowest BCUT2D eigenvalue weighted by atomic mass is 10.0. The maximum Gasteiger partial charge on any atom is 0.160 e. The van der Waals surface area contributed by atoms with Gasteiger partial charge in [0, 0.05) is 24.8 Å². The molecular formula is C14H21N3O. The lowest BCUT2D eigenvalue weighted by Gasteiger charge is -2.16. The smallest absolute Gasteiger partial charge is 0.160 e. The molecule has 4 heteroatoms. The maximum atomic E-state index is 5.93. The van der Waals surface area contributed by atoms with Gasteiger partial charge in [0.1, 0.15) is 11.9 Å². The molecular weight excluding hydrogens is 226 g/mol. The summed E-state index contributed by atoms with van der Waals surface area (Å²) >= 11 is 0. The van der Waals surface area contributed by atoms with Crippen LogP contribution in [-0.4, -0.2) is 17.1 Å². The summed E-state index contributed by atoms with van der Waals surface area (Å²) in [4.78, 5) is 9.11. The molecule has 18 heavy (non-hydrogen) atoms. The van der Waals surface area contributed by atoms with Crippen molar-refractivity contribution >= 4 is 5.82 Å². The molecule has 0 saturated heterocycles. The van der Waals surface area contributed by atoms with Crippen molar-refractivity contribution in [2.24, 2.45) is 5.92 Å². The van der Waals surface area contributed by atoms with Crippen molar-refractivity contribution in [1.29, 1.82) is 0 Å². The lowest BCUT2D eigenvalue weighted by molar-refractivity contribution is 0.0770. The highest BCUT2D eigenvalue weighted by Gasteiger charge is 2.35. The van der Waals surface area contributed by atoms with Crippen LogP contribution in [0.5, 0.6) is 0 Å². The Morgan fingerprint density at radius 1 is 1.22 bits per heavy atom. The van der Waals surface area contributed by atoms with Gasteiger partial charge in [-0.1, -0.05) is 12.8 Å². The second-order valence-electron chi connectivity index (χ2n) is 5.55. The van der Waals surface area contributed by atoms with E-state index in [0.717, 1.165) is 11.5 Å². The molecule has 1 aromatic heterocycles. The highest BCUT2D eigenvalue weighted by molar-refractivity contribution is 5.32. The minimum atomic E-state index is 0.0358. The van der Waals surface area contributed by atoms with Gasteiger partial charge in [-0.15, -0.1) is 0 Å². The molecule has 0 aromatic carbocycles. The van der Waals surface area contributed by atoms with E-state index in [2.05, 4.69) is 4.98 Å². The predicted octanol–water partition coefficient (Wildman–Crippen LogP) is 2.81. The molecule has 0 radical (unpaired) electrons. The van der Waals surface area contributed by atoms with Gasteiger partial charge in [-0.25, -0.2) is 9.97 Å². The van der Waals surface area contributed by atoms with Crippen LogP contribution in [0.1, 0.15) is 62.1 Å². The minimum Gasteiger partial charge on any atom is -0.384 e. The van der Waals surface area contributed by atoms with Gasteiger partial charge in [-0.2, -0.15) is 0 Å². The first-order valence-electron chi connectivity index (χ1n) is 6.95. The second kappa shape index (κ2) is 4.84. The van der Waals surface area contributed by atoms with E-state index in [1.807, 2.05) is 6.07 Å². The van der Waals surface area contributed by atoms with Gasteiger partial charge in [0.25, 0.3) is 0 Å². The lowest BCUT2D eigenvalue weighted by Crippen LogP contribution is -2.13. The van der Waals surface area contributed by atoms with E-state index in [-0.39, 0.29) is 6.10 Å². The summed E-state index contributed by atoms with van der Waals surface area (Å²) in [7, 11) is 1.74. The molecule has 2 fully saturated rings. The number of hydrogen-bond donors (Lipinski definition) is 1. The van der Waals surface area contributed by atoms with Gasteiger partial charge in [-0.05, 0) is 31.6 Å². The monoisotopic (exact) mass is 247 g/mol. The molecule has 0 spiro atoms. The quantitative estimate of drug-likeness (QED) is 0.888. The molecule has 98 valence electrons. The third-order valence-electron chi connectivity index (χ3n) is 4.12. The largest absolute Gasteiger partial charge is 0.384 e. The highest BCUT2D eigenvalue weighted by Crippen LogP contribution is 2.42. The molecule has 1 atom stereocenters. The van der Waals surface area contributed by atoms with Crippen molar-refractivity contribution < 1.29 is 4.74 Å². The predicted molar refractivity (Wildman–Crippen MR) is 70.1 cm³/mol. The highest BCUT2D eigenvalue weighted by atomic mass is 16.5. The van der Waals surface area contributed by atoms with Gasteiger partial charge < -0.3 is 10.5 Å². The molecule has 2 saturated carbocycles. The minimum absolute atomic E-state index is 0.0358. The first kappa shape index (κ1) is 11.9. The Hall–Kier alpha value is -1.16. The van der Waals surface area contributed by atoms with E-state index in [1.54, 1.807) is 7.11 Å². The average molecular weight is 247 g/mol. The number of rotatable bonds is 4. The molecule has 3 rings (SSSR count). The first-order valence-corrected chi connectivity index (χ1v) is 6.95. The van der Waals surface area contributed by atoms with Crippen LogP contribution >= 0.6 is 0 Å². The summed E-state index contributed by atoms with van der Waals surface area (Å²) in [5.74, 6) is 2.55. The summed E-state index contributed by atoms with van der Waals surface area (Å²) in [5.41, 5.74) is 7.06. The molecule has 2 aliphatic rings. The van der Waals surface area contributed by atoms with E-state index in [0.29, 0.717) is 17.7 Å². The van der Waals surface area contributed by atoms with Crippen LogP contribution in [0.4, 0.5) is 5.82 Å². The van der Waals surface area contributed by atoms with E-state index in [9.17, 15) is 0 Å². The molecule has 1 heterocycles. The molecule has 1 unspecified atom stereocenters. The number of hydrogen-bond acceptors (Lipinski definition) is 4. The zero-order valence-corrected chi connectivity index (χ0v) is 10.9. The second-order valence-corrected chi connectivity index (χ2v) is 5.55. The molecule has 0 amide bonds. The Kier molecular flexibility index (Phi) is 3.20. The number of nitrogens with two attached hydrogens (primary N) is 1. The van der Waals surface area contributed by atoms with Gasteiger partial charge in [0.05, 0.1) is 0 Å². The summed E-state index contributed by atoms with van der Waals surface area (Å²) in [6.45, 7) is 0. The Morgan fingerprint density at radius 3 is 2.56 bits per heavy atom. The van der Waals surface area contributed by atoms with Crippen LogP contribution in [0.15, 0.2) is 6.07 Å². The third-order valence-corrected chi connectivity index (χ3v) is 4.12. The van der Waals surface area contributed by atoms with Crippen molar-refractivity contribution in [3.63, 3.8) is 0 Å². The third kappa shape index (κ3) is 2.34. The van der Waals surface area contributed by atoms with E-state index < -0.39 is 0 Å². The Bertz CT molecular complexity index is 425. The molecule has 2 aliphatic carbocycles. The van der Waals surface area contributed by atoms with Crippen LogP contribution in [-0.2, 0) is 4.74 Å². The van der Waals surface area contributed by atoms with Gasteiger partial charge >= 0.3 is 0 Å². The van der Waals surface area contributed by atoms with E-state index in [4.69, 9.17) is 15.5 Å². The van der Waals surface area contributed by atoms with Gasteiger partial charge in [0.15, 0.2) is 5.82 Å². The molecule has 0 bridgehead atoms. The summed E-state index contributed by atoms with van der Waals surface area (Å²) in [6, 6.07) is 1.94. The maximum absolute atomic E-state index is 5.93. The number of anilines is 1. The summed E-state index contributed by atoms with van der Waals surface area (Å²) in [6.07, 6.45) is 7.55. The Balaban J connectivity index is 1.89. The fourth-order valence-electron chi connectivity index (χ4n) is 2.97. The van der Waals surface area contributed by atoms with Crippen LogP contribution < -0.4 is 5.73 Å². The first-order chi connectivity index (χ1) is 8.78. The van der Waals surface area contributed by atoms with Gasteiger partial charge in [0.2, 0.25) is 0 Å². The van der Waals surface area contributed by atoms with Crippen LogP contribution in [0.3, 0.4) is 0 Å². The number of methoxy groups -OCH3 is 1. The number of ether oxygens (including phenoxy) is 1. The van der Waals surface area contributed by atoms with Crippen molar-refractivity contribution in [3.05, 3.63) is 17.6 Å². The summed E-state index contributed by atoms with van der Waals surface area (Å²) < 4.78 is 5.55. The fraction of sp³-hybridized carbons (Fsp3) is 0.714. The topological polar surface area (TPSA) is 61.0 Å². The SMILES string of the molecule is COC(c1nc(N)cc(C2CCCC2)n1)C1CC1. The summed E-state index contributed by atoms with van der Waals surface area (Å²) in [5, 5.41) is 0. The zero-order chi connectivity index (χ0) is 12.5. The van der Waals surface area contributed by atoms with Crippen molar-refractivity contribution in [2.45, 2.75) is 50.5 Å². The van der Waals surface area contributed by atoms with Crippen molar-refractivity contribution in [3.8, 4) is 0 Å². The average Bonchev–Trinajstić information content (AvgIpc) is 3.04. The van der Waals surface area contributed by atoms with E-state index >= 15 is 0 Å². The molecule has 4 nitrogen and oxygen atoms in total. The standard InChI is InChI=1S/C14H21N3O/c1-18-13(10-6-7-10)14-16-11(8-12(15)17-14)9-4-2-3-5-9/h8-10,13H,2-7H2,1H3,(H2,15,16,17).